The lowest BCUT2D eigenvalue weighted by Crippen LogP contribution is -2.49. The second-order valence-corrected chi connectivity index (χ2v) is 5.18. The molecule has 20 heavy (non-hydrogen) atoms. The number of hydrogen-bond acceptors (Lipinski definition) is 2. The minimum Gasteiger partial charge on any atom is -0.480 e. The van der Waals surface area contributed by atoms with Gasteiger partial charge >= 0.3 is 12.0 Å². The van der Waals surface area contributed by atoms with Crippen molar-refractivity contribution in [2.75, 3.05) is 11.4 Å². The lowest BCUT2D eigenvalue weighted by atomic mass is 10.1. The number of aliphatic carboxylic acids is 1. The monoisotopic (exact) mass is 280 g/mol. The Balaban J connectivity index is 2.16. The summed E-state index contributed by atoms with van der Waals surface area (Å²) in [6.07, 6.45) is 0.641. The van der Waals surface area contributed by atoms with Crippen LogP contribution in [0.4, 0.5) is 14.9 Å². The summed E-state index contributed by atoms with van der Waals surface area (Å²) in [7, 11) is 0. The van der Waals surface area contributed by atoms with E-state index in [-0.39, 0.29) is 5.92 Å². The molecule has 1 aromatic carbocycles. The molecule has 2 amide bonds. The van der Waals surface area contributed by atoms with Gasteiger partial charge < -0.3 is 10.4 Å². The van der Waals surface area contributed by atoms with E-state index in [1.807, 2.05) is 0 Å². The number of amides is 2. The third kappa shape index (κ3) is 2.74. The summed E-state index contributed by atoms with van der Waals surface area (Å²) >= 11 is 0. The molecule has 1 aromatic rings. The van der Waals surface area contributed by atoms with E-state index in [0.717, 1.165) is 5.56 Å². The summed E-state index contributed by atoms with van der Waals surface area (Å²) in [6, 6.07) is 2.84. The van der Waals surface area contributed by atoms with Crippen molar-refractivity contribution in [2.24, 2.45) is 5.92 Å². The fraction of sp³-hybridized carbons (Fsp3) is 0.429. The summed E-state index contributed by atoms with van der Waals surface area (Å²) in [5.74, 6) is -1.72. The summed E-state index contributed by atoms with van der Waals surface area (Å²) in [5.41, 5.74) is 1.40. The highest BCUT2D eigenvalue weighted by molar-refractivity contribution is 5.96. The third-order valence-electron chi connectivity index (χ3n) is 3.40. The fourth-order valence-corrected chi connectivity index (χ4v) is 2.29. The van der Waals surface area contributed by atoms with E-state index in [0.29, 0.717) is 18.7 Å². The first-order valence-electron chi connectivity index (χ1n) is 6.49. The number of carbonyl (C=O) groups excluding carboxylic acids is 1. The molecule has 2 rings (SSSR count). The van der Waals surface area contributed by atoms with Crippen molar-refractivity contribution in [1.82, 2.24) is 5.32 Å². The molecule has 0 fully saturated rings. The molecule has 0 aliphatic carbocycles. The molecule has 1 heterocycles. The van der Waals surface area contributed by atoms with E-state index in [4.69, 9.17) is 5.11 Å². The molecular formula is C14H17FN2O3. The number of carboxylic acid groups (broad SMARTS) is 1. The van der Waals surface area contributed by atoms with Crippen molar-refractivity contribution in [1.29, 1.82) is 0 Å². The lowest BCUT2D eigenvalue weighted by Gasteiger charge is -2.23. The number of nitrogens with one attached hydrogen (secondary N) is 1. The van der Waals surface area contributed by atoms with Crippen LogP contribution >= 0.6 is 0 Å². The van der Waals surface area contributed by atoms with Gasteiger partial charge in [0.1, 0.15) is 11.9 Å². The molecule has 0 aromatic heterocycles. The SMILES string of the molecule is CC(C)[C@H](NC(=O)N1CCc2ccc(F)cc21)C(=O)O. The molecule has 0 bridgehead atoms. The van der Waals surface area contributed by atoms with Crippen molar-refractivity contribution in [3.63, 3.8) is 0 Å². The lowest BCUT2D eigenvalue weighted by molar-refractivity contribution is -0.140. The van der Waals surface area contributed by atoms with Crippen LogP contribution in [0.15, 0.2) is 18.2 Å². The Morgan fingerprint density at radius 2 is 2.10 bits per heavy atom. The van der Waals surface area contributed by atoms with Crippen LogP contribution in [0, 0.1) is 11.7 Å². The number of benzene rings is 1. The van der Waals surface area contributed by atoms with E-state index >= 15 is 0 Å². The highest BCUT2D eigenvalue weighted by atomic mass is 19.1. The molecule has 0 spiro atoms. The topological polar surface area (TPSA) is 69.6 Å². The smallest absolute Gasteiger partial charge is 0.326 e. The van der Waals surface area contributed by atoms with Crippen LogP contribution in [-0.4, -0.2) is 29.7 Å². The van der Waals surface area contributed by atoms with Gasteiger partial charge in [-0.3, -0.25) is 4.90 Å². The van der Waals surface area contributed by atoms with Gasteiger partial charge in [0.25, 0.3) is 0 Å². The minimum absolute atomic E-state index is 0.231. The van der Waals surface area contributed by atoms with Gasteiger partial charge in [-0.15, -0.1) is 0 Å². The van der Waals surface area contributed by atoms with Crippen LogP contribution in [0.2, 0.25) is 0 Å². The van der Waals surface area contributed by atoms with Gasteiger partial charge in [-0.1, -0.05) is 19.9 Å². The van der Waals surface area contributed by atoms with Crippen LogP contribution in [-0.2, 0) is 11.2 Å². The highest BCUT2D eigenvalue weighted by Crippen LogP contribution is 2.28. The zero-order valence-corrected chi connectivity index (χ0v) is 11.4. The average Bonchev–Trinajstić information content (AvgIpc) is 2.77. The van der Waals surface area contributed by atoms with E-state index < -0.39 is 23.9 Å². The zero-order chi connectivity index (χ0) is 14.9. The van der Waals surface area contributed by atoms with Crippen molar-refractivity contribution in [3.05, 3.63) is 29.6 Å². The van der Waals surface area contributed by atoms with Crippen LogP contribution in [0.25, 0.3) is 0 Å². The van der Waals surface area contributed by atoms with E-state index in [9.17, 15) is 14.0 Å². The maximum Gasteiger partial charge on any atom is 0.326 e. The van der Waals surface area contributed by atoms with Gasteiger partial charge in [0.15, 0.2) is 0 Å². The molecule has 1 aliphatic heterocycles. The van der Waals surface area contributed by atoms with Crippen molar-refractivity contribution < 1.29 is 19.1 Å². The molecular weight excluding hydrogens is 263 g/mol. The number of carboxylic acids is 1. The largest absolute Gasteiger partial charge is 0.480 e. The Kier molecular flexibility index (Phi) is 3.92. The Morgan fingerprint density at radius 3 is 2.70 bits per heavy atom. The number of carbonyl (C=O) groups is 2. The fourth-order valence-electron chi connectivity index (χ4n) is 2.29. The second kappa shape index (κ2) is 5.48. The Hall–Kier alpha value is -2.11. The molecule has 0 saturated heterocycles. The minimum atomic E-state index is -1.08. The number of urea groups is 1. The maximum absolute atomic E-state index is 13.3. The van der Waals surface area contributed by atoms with Gasteiger partial charge in [0, 0.05) is 6.54 Å². The Labute approximate surface area is 116 Å². The normalized spacial score (nSPS) is 15.1. The Morgan fingerprint density at radius 1 is 1.40 bits per heavy atom. The third-order valence-corrected chi connectivity index (χ3v) is 3.40. The quantitative estimate of drug-likeness (QED) is 0.889. The van der Waals surface area contributed by atoms with Crippen LogP contribution in [0.5, 0.6) is 0 Å². The molecule has 1 aliphatic rings. The molecule has 0 unspecified atom stereocenters. The number of rotatable bonds is 3. The summed E-state index contributed by atoms with van der Waals surface area (Å²) < 4.78 is 13.3. The first kappa shape index (κ1) is 14.3. The number of hydrogen-bond donors (Lipinski definition) is 2. The number of fused-ring (bicyclic) bond motifs is 1. The van der Waals surface area contributed by atoms with Gasteiger partial charge in [-0.05, 0) is 30.0 Å². The van der Waals surface area contributed by atoms with Gasteiger partial charge in [-0.25, -0.2) is 14.0 Å². The summed E-state index contributed by atoms with van der Waals surface area (Å²) in [6.45, 7) is 3.86. The molecule has 5 nitrogen and oxygen atoms in total. The molecule has 1 atom stereocenters. The number of nitrogens with zero attached hydrogens (tertiary/aromatic N) is 1. The number of anilines is 1. The van der Waals surface area contributed by atoms with E-state index in [1.54, 1.807) is 19.9 Å². The van der Waals surface area contributed by atoms with Gasteiger partial charge in [0.05, 0.1) is 5.69 Å². The molecule has 108 valence electrons. The van der Waals surface area contributed by atoms with Crippen LogP contribution < -0.4 is 10.2 Å². The average molecular weight is 280 g/mol. The standard InChI is InChI=1S/C14H17FN2O3/c1-8(2)12(13(18)19)16-14(20)17-6-5-9-3-4-10(15)7-11(9)17/h3-4,7-8,12H,5-6H2,1-2H3,(H,16,20)(H,18,19)/t12-/m0/s1. The molecule has 0 saturated carbocycles. The first-order valence-corrected chi connectivity index (χ1v) is 6.49. The highest BCUT2D eigenvalue weighted by Gasteiger charge is 2.30. The summed E-state index contributed by atoms with van der Waals surface area (Å²) in [5, 5.41) is 11.6. The first-order chi connectivity index (χ1) is 9.40. The van der Waals surface area contributed by atoms with Crippen molar-refractivity contribution in [2.45, 2.75) is 26.3 Å². The van der Waals surface area contributed by atoms with E-state index in [2.05, 4.69) is 5.32 Å². The summed E-state index contributed by atoms with van der Waals surface area (Å²) in [4.78, 5) is 24.7. The van der Waals surface area contributed by atoms with Crippen LogP contribution in [0.1, 0.15) is 19.4 Å². The van der Waals surface area contributed by atoms with E-state index in [1.165, 1.54) is 17.0 Å². The second-order valence-electron chi connectivity index (χ2n) is 5.18. The molecule has 6 heteroatoms. The zero-order valence-electron chi connectivity index (χ0n) is 11.4. The van der Waals surface area contributed by atoms with Crippen LogP contribution in [0.3, 0.4) is 0 Å². The predicted octanol–water partition coefficient (Wildman–Crippen LogP) is 2.01. The van der Waals surface area contributed by atoms with Crippen molar-refractivity contribution in [3.8, 4) is 0 Å². The molecule has 0 radical (unpaired) electrons. The predicted molar refractivity (Wildman–Crippen MR) is 72.2 cm³/mol. The number of halogens is 1. The Bertz CT molecular complexity index is 545. The molecule has 2 N–H and O–H groups in total. The maximum atomic E-state index is 13.3. The van der Waals surface area contributed by atoms with Crippen molar-refractivity contribution >= 4 is 17.7 Å². The van der Waals surface area contributed by atoms with Gasteiger partial charge in [0.2, 0.25) is 0 Å². The van der Waals surface area contributed by atoms with Gasteiger partial charge in [-0.2, -0.15) is 0 Å².